The van der Waals surface area contributed by atoms with Crippen LogP contribution in [-0.2, 0) is 11.8 Å². The maximum atomic E-state index is 4.66. The zero-order valence-electron chi connectivity index (χ0n) is 10.0. The first-order chi connectivity index (χ1) is 6.74. The molecule has 0 spiro atoms. The first-order valence-corrected chi connectivity index (χ1v) is 8.55. The van der Waals surface area contributed by atoms with Gasteiger partial charge in [0.25, 0.3) is 0 Å². The molecule has 1 heterocycles. The van der Waals surface area contributed by atoms with E-state index in [1.165, 1.54) is 12.2 Å². The van der Waals surface area contributed by atoms with Gasteiger partial charge in [0.1, 0.15) is 5.25 Å². The molecule has 90 valence electrons. The van der Waals surface area contributed by atoms with Crippen LogP contribution in [0.25, 0.3) is 0 Å². The predicted molar refractivity (Wildman–Crippen MR) is 84.1 cm³/mol. The summed E-state index contributed by atoms with van der Waals surface area (Å²) in [6.45, 7) is 9.20. The molecule has 1 fully saturated rings. The zero-order chi connectivity index (χ0) is 11.7. The van der Waals surface area contributed by atoms with Crippen LogP contribution < -0.4 is 0 Å². The van der Waals surface area contributed by atoms with Crippen LogP contribution in [0, 0.1) is 5.41 Å². The fraction of sp³-hybridized carbons (Fsp3) is 1.00. The maximum absolute atomic E-state index is 4.66. The van der Waals surface area contributed by atoms with Crippen LogP contribution in [0.4, 0.5) is 0 Å². The summed E-state index contributed by atoms with van der Waals surface area (Å²) >= 11 is 12.8. The summed E-state index contributed by atoms with van der Waals surface area (Å²) in [5, 5.41) is 0.797. The second-order valence-electron chi connectivity index (χ2n) is 5.65. The second kappa shape index (κ2) is 5.36. The van der Waals surface area contributed by atoms with Gasteiger partial charge in [-0.3, -0.25) is 0 Å². The molecule has 0 bridgehead atoms. The Morgan fingerprint density at radius 1 is 1.33 bits per heavy atom. The van der Waals surface area contributed by atoms with Crippen molar-refractivity contribution in [2.24, 2.45) is 5.41 Å². The number of hydrogen-bond acceptors (Lipinski definition) is 3. The molecule has 0 saturated carbocycles. The van der Waals surface area contributed by atoms with Gasteiger partial charge in [0, 0.05) is 21.7 Å². The molecule has 0 N–H and O–H groups in total. The molecule has 15 heavy (non-hydrogen) atoms. The van der Waals surface area contributed by atoms with E-state index in [4.69, 9.17) is 0 Å². The minimum absolute atomic E-state index is 0.138. The lowest BCUT2D eigenvalue weighted by Gasteiger charge is -2.32. The molecule has 1 aliphatic rings. The van der Waals surface area contributed by atoms with Gasteiger partial charge in [0.05, 0.1) is 0 Å². The van der Waals surface area contributed by atoms with Gasteiger partial charge in [-0.2, -0.15) is 25.3 Å². The zero-order valence-corrected chi connectivity index (χ0v) is 13.5. The van der Waals surface area contributed by atoms with Crippen molar-refractivity contribution < 1.29 is 0 Å². The summed E-state index contributed by atoms with van der Waals surface area (Å²) in [7, 11) is 0. The molecular formula is C11H23S4+. The van der Waals surface area contributed by atoms with Crippen molar-refractivity contribution in [1.82, 2.24) is 0 Å². The molecule has 0 nitrogen and oxygen atoms in total. The van der Waals surface area contributed by atoms with E-state index in [1.54, 1.807) is 11.8 Å². The van der Waals surface area contributed by atoms with Gasteiger partial charge < -0.3 is 0 Å². The summed E-state index contributed by atoms with van der Waals surface area (Å²) in [6.07, 6.45) is 1.17. The summed E-state index contributed by atoms with van der Waals surface area (Å²) in [5.74, 6) is 2.32. The molecule has 0 aromatic carbocycles. The van der Waals surface area contributed by atoms with Gasteiger partial charge in [-0.25, -0.2) is 0 Å². The lowest BCUT2D eigenvalue weighted by molar-refractivity contribution is 0.335. The number of rotatable bonds is 4. The molecule has 2 atom stereocenters. The lowest BCUT2D eigenvalue weighted by atomic mass is 9.85. The standard InChI is InChI=1S/C11H22S4/c1-10(2,7-11(3,4)13)9-14-6-8(5-12)15-9/h8-9,12-13H,5-7H2,1-4H3/p+1. The van der Waals surface area contributed by atoms with E-state index in [9.17, 15) is 0 Å². The highest BCUT2D eigenvalue weighted by Crippen LogP contribution is 2.44. The number of thioether (sulfide) groups is 1. The second-order valence-corrected chi connectivity index (χ2v) is 10.3. The third-order valence-corrected chi connectivity index (χ3v) is 7.81. The molecule has 2 unspecified atom stereocenters. The molecule has 0 aliphatic carbocycles. The van der Waals surface area contributed by atoms with E-state index >= 15 is 0 Å². The van der Waals surface area contributed by atoms with Crippen molar-refractivity contribution in [3.05, 3.63) is 0 Å². The number of hydrogen-bond donors (Lipinski definition) is 2. The first kappa shape index (κ1) is 14.5. The topological polar surface area (TPSA) is 0 Å². The van der Waals surface area contributed by atoms with Crippen LogP contribution in [0.5, 0.6) is 0 Å². The maximum Gasteiger partial charge on any atom is 0.166 e. The van der Waals surface area contributed by atoms with Gasteiger partial charge >= 0.3 is 0 Å². The van der Waals surface area contributed by atoms with E-state index in [2.05, 4.69) is 64.7 Å². The Balaban J connectivity index is 2.55. The van der Waals surface area contributed by atoms with Crippen LogP contribution in [0.1, 0.15) is 34.1 Å². The Labute approximate surface area is 114 Å². The highest BCUT2D eigenvalue weighted by molar-refractivity contribution is 8.13. The Morgan fingerprint density at radius 3 is 2.33 bits per heavy atom. The van der Waals surface area contributed by atoms with Crippen molar-refractivity contribution in [1.29, 1.82) is 0 Å². The van der Waals surface area contributed by atoms with Crippen molar-refractivity contribution in [3.63, 3.8) is 0 Å². The van der Waals surface area contributed by atoms with Crippen LogP contribution in [0.2, 0.25) is 0 Å². The third-order valence-electron chi connectivity index (χ3n) is 2.56. The molecule has 4 heteroatoms. The van der Waals surface area contributed by atoms with Crippen LogP contribution >= 0.6 is 37.0 Å². The molecule has 0 amide bonds. The SMILES string of the molecule is CC(C)(S)CC(C)(C)C1SCC(CS)[SH+]1. The van der Waals surface area contributed by atoms with E-state index in [1.807, 2.05) is 0 Å². The Morgan fingerprint density at radius 2 is 1.93 bits per heavy atom. The number of thiol groups is 3. The monoisotopic (exact) mass is 283 g/mol. The van der Waals surface area contributed by atoms with Crippen LogP contribution in [-0.4, -0.2) is 26.1 Å². The Hall–Kier alpha value is 1.40. The molecule has 1 rings (SSSR count). The molecular weight excluding hydrogens is 260 g/mol. The van der Waals surface area contributed by atoms with E-state index < -0.39 is 0 Å². The smallest absolute Gasteiger partial charge is 0.166 e. The summed E-state index contributed by atoms with van der Waals surface area (Å²) in [5.41, 5.74) is 0.384. The average Bonchev–Trinajstić information content (AvgIpc) is 2.47. The predicted octanol–water partition coefficient (Wildman–Crippen LogP) is 3.30. The molecule has 0 aromatic heterocycles. The first-order valence-electron chi connectivity index (χ1n) is 5.39. The Bertz CT molecular complexity index is 207. The van der Waals surface area contributed by atoms with Gasteiger partial charge in [-0.15, -0.1) is 0 Å². The molecule has 0 radical (unpaired) electrons. The molecule has 1 aliphatic heterocycles. The quantitative estimate of drug-likeness (QED) is 0.590. The normalized spacial score (nSPS) is 28.4. The molecule has 1 saturated heterocycles. The van der Waals surface area contributed by atoms with Crippen molar-refractivity contribution >= 4 is 48.8 Å². The molecule has 0 aromatic rings. The highest BCUT2D eigenvalue weighted by atomic mass is 32.2. The van der Waals surface area contributed by atoms with Crippen molar-refractivity contribution in [2.45, 2.75) is 48.7 Å². The fourth-order valence-electron chi connectivity index (χ4n) is 2.21. The highest BCUT2D eigenvalue weighted by Gasteiger charge is 2.45. The van der Waals surface area contributed by atoms with E-state index in [0.29, 0.717) is 5.41 Å². The van der Waals surface area contributed by atoms with E-state index in [0.717, 1.165) is 15.6 Å². The third kappa shape index (κ3) is 4.64. The minimum Gasteiger partial charge on any atom is -0.174 e. The minimum atomic E-state index is 0.138. The summed E-state index contributed by atoms with van der Waals surface area (Å²) < 4.78 is 0.902. The van der Waals surface area contributed by atoms with Crippen molar-refractivity contribution in [3.8, 4) is 0 Å². The summed E-state index contributed by atoms with van der Waals surface area (Å²) in [6, 6.07) is 0. The summed E-state index contributed by atoms with van der Waals surface area (Å²) in [4.78, 5) is 0. The van der Waals surface area contributed by atoms with Gasteiger partial charge in [0.15, 0.2) is 4.58 Å². The largest absolute Gasteiger partial charge is 0.174 e. The van der Waals surface area contributed by atoms with Gasteiger partial charge in [-0.05, 0) is 18.2 Å². The lowest BCUT2D eigenvalue weighted by Crippen LogP contribution is -2.33. The average molecular weight is 284 g/mol. The van der Waals surface area contributed by atoms with Gasteiger partial charge in [0.2, 0.25) is 0 Å². The van der Waals surface area contributed by atoms with Crippen LogP contribution in [0.15, 0.2) is 0 Å². The van der Waals surface area contributed by atoms with E-state index in [-0.39, 0.29) is 4.75 Å². The van der Waals surface area contributed by atoms with Crippen molar-refractivity contribution in [2.75, 3.05) is 11.5 Å². The van der Waals surface area contributed by atoms with Crippen LogP contribution in [0.3, 0.4) is 0 Å². The fourth-order valence-corrected chi connectivity index (χ4v) is 6.95. The Kier molecular flexibility index (Phi) is 5.17. The van der Waals surface area contributed by atoms with Gasteiger partial charge in [-0.1, -0.05) is 39.5 Å².